The summed E-state index contributed by atoms with van der Waals surface area (Å²) in [5, 5.41) is 14.8. The van der Waals surface area contributed by atoms with Gasteiger partial charge in [-0.15, -0.1) is 0 Å². The largest absolute Gasteiger partial charge is 0.324 e. The number of nitrogens with one attached hydrogen (secondary N) is 2. The Bertz CT molecular complexity index is 1210. The van der Waals surface area contributed by atoms with Gasteiger partial charge < -0.3 is 10.6 Å². The molecule has 1 atom stereocenters. The Hall–Kier alpha value is -4.08. The Morgan fingerprint density at radius 3 is 2.47 bits per heavy atom. The zero-order valence-corrected chi connectivity index (χ0v) is 16.7. The topological polar surface area (TPSA) is 120 Å². The minimum atomic E-state index is -0.495. The molecule has 1 unspecified atom stereocenters. The standard InChI is InChI=1S/C20H20N8O2/c1-12-17-8-14(9-22-18(17)27(3)26-12)20(30)25-16-6-4-15(5-7-16)24-19(29)13(2)28-11-21-10-23-28/h4-11,13H,1-3H3,(H,24,29)(H,25,30). The van der Waals surface area contributed by atoms with Gasteiger partial charge in [0.15, 0.2) is 5.65 Å². The second kappa shape index (κ2) is 7.74. The summed E-state index contributed by atoms with van der Waals surface area (Å²) in [4.78, 5) is 33.1. The fourth-order valence-corrected chi connectivity index (χ4v) is 3.06. The van der Waals surface area contributed by atoms with Gasteiger partial charge in [-0.05, 0) is 44.2 Å². The zero-order chi connectivity index (χ0) is 21.3. The number of carbonyl (C=O) groups excluding carboxylic acids is 2. The predicted molar refractivity (Wildman–Crippen MR) is 111 cm³/mol. The van der Waals surface area contributed by atoms with Crippen LogP contribution in [0.1, 0.15) is 29.0 Å². The molecule has 0 spiro atoms. The van der Waals surface area contributed by atoms with Crippen LogP contribution in [0, 0.1) is 6.92 Å². The fraction of sp³-hybridized carbons (Fsp3) is 0.200. The van der Waals surface area contributed by atoms with Gasteiger partial charge in [0.2, 0.25) is 5.91 Å². The van der Waals surface area contributed by atoms with E-state index in [-0.39, 0.29) is 11.8 Å². The van der Waals surface area contributed by atoms with Crippen molar-refractivity contribution in [1.82, 2.24) is 29.5 Å². The molecule has 0 aliphatic rings. The van der Waals surface area contributed by atoms with E-state index in [0.717, 1.165) is 16.7 Å². The minimum absolute atomic E-state index is 0.219. The number of benzene rings is 1. The molecule has 10 nitrogen and oxygen atoms in total. The van der Waals surface area contributed by atoms with Gasteiger partial charge in [0.25, 0.3) is 5.91 Å². The number of rotatable bonds is 5. The summed E-state index contributed by atoms with van der Waals surface area (Å²) in [6, 6.07) is 8.15. The third-order valence-electron chi connectivity index (χ3n) is 4.75. The van der Waals surface area contributed by atoms with Gasteiger partial charge >= 0.3 is 0 Å². The van der Waals surface area contributed by atoms with Gasteiger partial charge in [-0.3, -0.25) is 14.3 Å². The summed E-state index contributed by atoms with van der Waals surface area (Å²) in [7, 11) is 1.81. The van der Waals surface area contributed by atoms with Crippen LogP contribution in [0.25, 0.3) is 11.0 Å². The maximum atomic E-state index is 12.6. The number of hydrogen-bond acceptors (Lipinski definition) is 6. The van der Waals surface area contributed by atoms with Crippen molar-refractivity contribution < 1.29 is 9.59 Å². The van der Waals surface area contributed by atoms with Gasteiger partial charge in [0, 0.05) is 30.0 Å². The van der Waals surface area contributed by atoms with Crippen molar-refractivity contribution in [1.29, 1.82) is 0 Å². The summed E-state index contributed by atoms with van der Waals surface area (Å²) in [5.41, 5.74) is 3.20. The van der Waals surface area contributed by atoms with Crippen molar-refractivity contribution in [2.45, 2.75) is 19.9 Å². The number of amides is 2. The van der Waals surface area contributed by atoms with Crippen molar-refractivity contribution >= 4 is 34.2 Å². The number of pyridine rings is 1. The molecule has 30 heavy (non-hydrogen) atoms. The highest BCUT2D eigenvalue weighted by Gasteiger charge is 2.16. The van der Waals surface area contributed by atoms with Crippen molar-refractivity contribution in [3.8, 4) is 0 Å². The lowest BCUT2D eigenvalue weighted by Gasteiger charge is -2.12. The van der Waals surface area contributed by atoms with Crippen LogP contribution in [0.15, 0.2) is 49.2 Å². The molecule has 10 heteroatoms. The Morgan fingerprint density at radius 2 is 1.80 bits per heavy atom. The normalized spacial score (nSPS) is 12.0. The molecule has 2 amide bonds. The first-order valence-electron chi connectivity index (χ1n) is 9.28. The van der Waals surface area contributed by atoms with E-state index in [0.29, 0.717) is 16.9 Å². The van der Waals surface area contributed by atoms with Crippen LogP contribution in [0.3, 0.4) is 0 Å². The van der Waals surface area contributed by atoms with Crippen molar-refractivity contribution in [3.05, 3.63) is 60.4 Å². The average molecular weight is 404 g/mol. The van der Waals surface area contributed by atoms with E-state index < -0.39 is 6.04 Å². The lowest BCUT2D eigenvalue weighted by atomic mass is 10.2. The lowest BCUT2D eigenvalue weighted by molar-refractivity contribution is -0.119. The van der Waals surface area contributed by atoms with Crippen LogP contribution in [-0.2, 0) is 11.8 Å². The second-order valence-corrected chi connectivity index (χ2v) is 6.88. The SMILES string of the molecule is Cc1nn(C)c2ncc(C(=O)Nc3ccc(NC(=O)C(C)n4cncn4)cc3)cc12. The Morgan fingerprint density at radius 1 is 1.10 bits per heavy atom. The first kappa shape index (κ1) is 19.2. The van der Waals surface area contributed by atoms with E-state index in [9.17, 15) is 9.59 Å². The molecule has 4 rings (SSSR count). The van der Waals surface area contributed by atoms with Crippen molar-refractivity contribution in [2.24, 2.45) is 7.05 Å². The minimum Gasteiger partial charge on any atom is -0.324 e. The highest BCUT2D eigenvalue weighted by Crippen LogP contribution is 2.19. The summed E-state index contributed by atoms with van der Waals surface area (Å²) in [5.74, 6) is -0.493. The van der Waals surface area contributed by atoms with E-state index in [4.69, 9.17) is 0 Å². The van der Waals surface area contributed by atoms with Crippen LogP contribution in [-0.4, -0.2) is 41.3 Å². The molecule has 2 N–H and O–H groups in total. The number of fused-ring (bicyclic) bond motifs is 1. The molecule has 4 aromatic rings. The molecule has 0 aliphatic carbocycles. The van der Waals surface area contributed by atoms with Crippen molar-refractivity contribution in [2.75, 3.05) is 10.6 Å². The van der Waals surface area contributed by atoms with Gasteiger partial charge in [-0.1, -0.05) is 0 Å². The number of aryl methyl sites for hydroxylation is 2. The predicted octanol–water partition coefficient (Wildman–Crippen LogP) is 2.32. The third-order valence-corrected chi connectivity index (χ3v) is 4.75. The first-order chi connectivity index (χ1) is 14.4. The fourth-order valence-electron chi connectivity index (χ4n) is 3.06. The molecule has 0 saturated heterocycles. The van der Waals surface area contributed by atoms with Crippen LogP contribution in [0.2, 0.25) is 0 Å². The molecular formula is C20H20N8O2. The summed E-state index contributed by atoms with van der Waals surface area (Å²) in [6.45, 7) is 3.61. The monoisotopic (exact) mass is 404 g/mol. The Kier molecular flexibility index (Phi) is 4.97. The van der Waals surface area contributed by atoms with E-state index in [1.165, 1.54) is 23.5 Å². The molecule has 0 bridgehead atoms. The van der Waals surface area contributed by atoms with E-state index >= 15 is 0 Å². The molecule has 1 aromatic carbocycles. The highest BCUT2D eigenvalue weighted by atomic mass is 16.2. The van der Waals surface area contributed by atoms with Gasteiger partial charge in [0.05, 0.1) is 11.3 Å². The maximum absolute atomic E-state index is 12.6. The average Bonchev–Trinajstić information content (AvgIpc) is 3.37. The third kappa shape index (κ3) is 3.75. The first-order valence-corrected chi connectivity index (χ1v) is 9.28. The number of hydrogen-bond donors (Lipinski definition) is 2. The molecule has 3 aromatic heterocycles. The Labute approximate surface area is 171 Å². The van der Waals surface area contributed by atoms with Crippen LogP contribution in [0.4, 0.5) is 11.4 Å². The van der Waals surface area contributed by atoms with Crippen molar-refractivity contribution in [3.63, 3.8) is 0 Å². The van der Waals surface area contributed by atoms with Crippen LogP contribution < -0.4 is 10.6 Å². The van der Waals surface area contributed by atoms with E-state index in [2.05, 4.69) is 30.8 Å². The van der Waals surface area contributed by atoms with Gasteiger partial charge in [0.1, 0.15) is 18.7 Å². The molecular weight excluding hydrogens is 384 g/mol. The number of aromatic nitrogens is 6. The summed E-state index contributed by atoms with van der Waals surface area (Å²) >= 11 is 0. The summed E-state index contributed by atoms with van der Waals surface area (Å²) in [6.07, 6.45) is 4.39. The molecule has 3 heterocycles. The van der Waals surface area contributed by atoms with E-state index in [1.807, 2.05) is 14.0 Å². The molecule has 0 radical (unpaired) electrons. The molecule has 0 fully saturated rings. The Balaban J connectivity index is 1.42. The molecule has 0 aliphatic heterocycles. The van der Waals surface area contributed by atoms with E-state index in [1.54, 1.807) is 41.9 Å². The van der Waals surface area contributed by atoms with Gasteiger partial charge in [-0.2, -0.15) is 10.2 Å². The van der Waals surface area contributed by atoms with Crippen LogP contribution >= 0.6 is 0 Å². The highest BCUT2D eigenvalue weighted by molar-refractivity contribution is 6.06. The number of anilines is 2. The quantitative estimate of drug-likeness (QED) is 0.527. The zero-order valence-electron chi connectivity index (χ0n) is 16.7. The number of carbonyl (C=O) groups is 2. The van der Waals surface area contributed by atoms with Gasteiger partial charge in [-0.25, -0.2) is 14.6 Å². The molecule has 152 valence electrons. The number of nitrogens with zero attached hydrogens (tertiary/aromatic N) is 6. The molecule has 0 saturated carbocycles. The lowest BCUT2D eigenvalue weighted by Crippen LogP contribution is -2.24. The van der Waals surface area contributed by atoms with Crippen LogP contribution in [0.5, 0.6) is 0 Å². The maximum Gasteiger partial charge on any atom is 0.257 e. The summed E-state index contributed by atoms with van der Waals surface area (Å²) < 4.78 is 3.15. The smallest absolute Gasteiger partial charge is 0.257 e. The second-order valence-electron chi connectivity index (χ2n) is 6.88.